The van der Waals surface area contributed by atoms with E-state index in [0.717, 1.165) is 17.5 Å². The molecule has 0 aliphatic carbocycles. The highest BCUT2D eigenvalue weighted by atomic mass is 35.5. The first-order valence-corrected chi connectivity index (χ1v) is 5.29. The molecule has 5 heteroatoms. The minimum Gasteiger partial charge on any atom is -0.480 e. The van der Waals surface area contributed by atoms with E-state index in [1.165, 1.54) is 12.1 Å². The molecule has 0 aromatic heterocycles. The van der Waals surface area contributed by atoms with Crippen LogP contribution in [0.1, 0.15) is 18.1 Å². The van der Waals surface area contributed by atoms with E-state index in [-0.39, 0.29) is 30.8 Å². The number of fused-ring (bicyclic) bond motifs is 1. The Bertz CT molecular complexity index is 425. The minimum atomic E-state index is -0.841. The van der Waals surface area contributed by atoms with E-state index in [0.29, 0.717) is 6.54 Å². The number of aliphatic carboxylic acids is 1. The summed E-state index contributed by atoms with van der Waals surface area (Å²) in [6.07, 6.45) is 0.781. The van der Waals surface area contributed by atoms with Gasteiger partial charge in [-0.05, 0) is 36.6 Å². The van der Waals surface area contributed by atoms with Crippen LogP contribution in [0.4, 0.5) is 4.39 Å². The summed E-state index contributed by atoms with van der Waals surface area (Å²) in [7, 11) is 0. The van der Waals surface area contributed by atoms with Crippen molar-refractivity contribution >= 4 is 18.4 Å². The third-order valence-corrected chi connectivity index (χ3v) is 3.02. The molecule has 0 radical (unpaired) electrons. The van der Waals surface area contributed by atoms with E-state index in [1.54, 1.807) is 6.07 Å². The summed E-state index contributed by atoms with van der Waals surface area (Å²) in [5, 5.41) is 8.77. The van der Waals surface area contributed by atoms with Crippen LogP contribution in [0.3, 0.4) is 0 Å². The number of carboxylic acids is 1. The highest BCUT2D eigenvalue weighted by Gasteiger charge is 2.24. The highest BCUT2D eigenvalue weighted by Crippen LogP contribution is 2.23. The van der Waals surface area contributed by atoms with Crippen molar-refractivity contribution in [3.05, 3.63) is 35.1 Å². The van der Waals surface area contributed by atoms with Crippen molar-refractivity contribution in [2.45, 2.75) is 25.9 Å². The molecule has 1 N–H and O–H groups in total. The molecule has 1 aromatic carbocycles. The van der Waals surface area contributed by atoms with Crippen molar-refractivity contribution in [1.82, 2.24) is 4.90 Å². The lowest BCUT2D eigenvalue weighted by atomic mass is 9.95. The predicted molar refractivity (Wildman–Crippen MR) is 64.9 cm³/mol. The average molecular weight is 260 g/mol. The van der Waals surface area contributed by atoms with Gasteiger partial charge in [-0.3, -0.25) is 9.69 Å². The molecule has 17 heavy (non-hydrogen) atoms. The second-order valence-corrected chi connectivity index (χ2v) is 4.26. The van der Waals surface area contributed by atoms with Crippen molar-refractivity contribution in [3.63, 3.8) is 0 Å². The molecule has 1 aromatic rings. The van der Waals surface area contributed by atoms with E-state index in [2.05, 4.69) is 0 Å². The Morgan fingerprint density at radius 1 is 1.53 bits per heavy atom. The molecular formula is C12H15ClFNO2. The summed E-state index contributed by atoms with van der Waals surface area (Å²) < 4.78 is 13.0. The predicted octanol–water partition coefficient (Wildman–Crippen LogP) is 2.08. The number of carboxylic acid groups (broad SMARTS) is 1. The van der Waals surface area contributed by atoms with Gasteiger partial charge in [0.1, 0.15) is 5.82 Å². The summed E-state index contributed by atoms with van der Waals surface area (Å²) in [6, 6.07) is 4.93. The van der Waals surface area contributed by atoms with Crippen molar-refractivity contribution in [2.75, 3.05) is 6.54 Å². The second-order valence-electron chi connectivity index (χ2n) is 4.26. The van der Waals surface area contributed by atoms with Gasteiger partial charge in [-0.1, -0.05) is 6.07 Å². The molecule has 0 amide bonds. The Kier molecular flexibility index (Phi) is 4.48. The van der Waals surface area contributed by atoms with E-state index >= 15 is 0 Å². The lowest BCUT2D eigenvalue weighted by Crippen LogP contribution is -2.41. The Labute approximate surface area is 106 Å². The van der Waals surface area contributed by atoms with Crippen molar-refractivity contribution < 1.29 is 14.3 Å². The normalized spacial score (nSPS) is 19.3. The Hall–Kier alpha value is -1.13. The highest BCUT2D eigenvalue weighted by molar-refractivity contribution is 5.85. The van der Waals surface area contributed by atoms with Crippen LogP contribution in [0.5, 0.6) is 0 Å². The van der Waals surface area contributed by atoms with Crippen LogP contribution in [0.15, 0.2) is 18.2 Å². The van der Waals surface area contributed by atoms with Gasteiger partial charge in [-0.2, -0.15) is 0 Å². The van der Waals surface area contributed by atoms with Gasteiger partial charge in [0.05, 0.1) is 6.54 Å². The molecule has 1 aliphatic heterocycles. The number of hydrogen-bond acceptors (Lipinski definition) is 2. The zero-order valence-electron chi connectivity index (χ0n) is 9.52. The molecule has 2 rings (SSSR count). The van der Waals surface area contributed by atoms with E-state index in [9.17, 15) is 9.18 Å². The standard InChI is InChI=1S/C12H14FNO2.ClH/c1-8-4-9-2-3-11(13)5-10(9)6-14(8)7-12(15)16;/h2-3,5,8H,4,6-7H2,1H3,(H,15,16);1H. The van der Waals surface area contributed by atoms with E-state index < -0.39 is 5.97 Å². The zero-order chi connectivity index (χ0) is 11.7. The van der Waals surface area contributed by atoms with Crippen molar-refractivity contribution in [3.8, 4) is 0 Å². The summed E-state index contributed by atoms with van der Waals surface area (Å²) >= 11 is 0. The van der Waals surface area contributed by atoms with Gasteiger partial charge in [0.2, 0.25) is 0 Å². The Morgan fingerprint density at radius 3 is 2.88 bits per heavy atom. The Balaban J connectivity index is 0.00000144. The van der Waals surface area contributed by atoms with Crippen LogP contribution >= 0.6 is 12.4 Å². The maximum atomic E-state index is 13.0. The van der Waals surface area contributed by atoms with Gasteiger partial charge in [0, 0.05) is 12.6 Å². The van der Waals surface area contributed by atoms with Gasteiger partial charge in [-0.15, -0.1) is 12.4 Å². The van der Waals surface area contributed by atoms with Gasteiger partial charge in [0.15, 0.2) is 0 Å². The third-order valence-electron chi connectivity index (χ3n) is 3.02. The molecule has 0 bridgehead atoms. The molecule has 94 valence electrons. The van der Waals surface area contributed by atoms with Crippen LogP contribution in [0.25, 0.3) is 0 Å². The Morgan fingerprint density at radius 2 is 2.24 bits per heavy atom. The van der Waals surface area contributed by atoms with Crippen molar-refractivity contribution in [2.24, 2.45) is 0 Å². The van der Waals surface area contributed by atoms with Crippen LogP contribution in [0.2, 0.25) is 0 Å². The van der Waals surface area contributed by atoms with Crippen LogP contribution in [-0.4, -0.2) is 28.6 Å². The first-order valence-electron chi connectivity index (χ1n) is 5.29. The van der Waals surface area contributed by atoms with Crippen LogP contribution < -0.4 is 0 Å². The van der Waals surface area contributed by atoms with E-state index in [4.69, 9.17) is 5.11 Å². The first kappa shape index (κ1) is 13.9. The summed E-state index contributed by atoms with van der Waals surface area (Å²) in [5.74, 6) is -1.10. The molecular weight excluding hydrogens is 245 g/mol. The summed E-state index contributed by atoms with van der Waals surface area (Å²) in [4.78, 5) is 12.5. The van der Waals surface area contributed by atoms with Crippen LogP contribution in [0, 0.1) is 5.82 Å². The number of halogens is 2. The number of nitrogens with zero attached hydrogens (tertiary/aromatic N) is 1. The fourth-order valence-corrected chi connectivity index (χ4v) is 2.15. The minimum absolute atomic E-state index is 0. The fraction of sp³-hybridized carbons (Fsp3) is 0.417. The van der Waals surface area contributed by atoms with Gasteiger partial charge in [0.25, 0.3) is 0 Å². The van der Waals surface area contributed by atoms with Crippen LogP contribution in [-0.2, 0) is 17.8 Å². The van der Waals surface area contributed by atoms with Crippen molar-refractivity contribution in [1.29, 1.82) is 0 Å². The molecule has 0 saturated carbocycles. The molecule has 3 nitrogen and oxygen atoms in total. The van der Waals surface area contributed by atoms with Gasteiger partial charge >= 0.3 is 5.97 Å². The second kappa shape index (κ2) is 5.47. The fourth-order valence-electron chi connectivity index (χ4n) is 2.15. The average Bonchev–Trinajstić information content (AvgIpc) is 2.19. The maximum Gasteiger partial charge on any atom is 0.317 e. The largest absolute Gasteiger partial charge is 0.480 e. The molecule has 1 unspecified atom stereocenters. The first-order chi connectivity index (χ1) is 7.56. The smallest absolute Gasteiger partial charge is 0.317 e. The molecule has 0 spiro atoms. The number of hydrogen-bond donors (Lipinski definition) is 1. The number of rotatable bonds is 2. The molecule has 0 fully saturated rings. The number of benzene rings is 1. The monoisotopic (exact) mass is 259 g/mol. The molecule has 1 aliphatic rings. The van der Waals surface area contributed by atoms with Gasteiger partial charge in [-0.25, -0.2) is 4.39 Å². The lowest BCUT2D eigenvalue weighted by Gasteiger charge is -2.33. The molecule has 1 atom stereocenters. The van der Waals surface area contributed by atoms with E-state index in [1.807, 2.05) is 11.8 Å². The summed E-state index contributed by atoms with van der Waals surface area (Å²) in [6.45, 7) is 2.52. The number of carbonyl (C=O) groups is 1. The quantitative estimate of drug-likeness (QED) is 0.884. The molecule has 1 heterocycles. The summed E-state index contributed by atoms with van der Waals surface area (Å²) in [5.41, 5.74) is 2.02. The maximum absolute atomic E-state index is 13.0. The van der Waals surface area contributed by atoms with Gasteiger partial charge < -0.3 is 5.11 Å². The lowest BCUT2D eigenvalue weighted by molar-refractivity contribution is -0.139. The zero-order valence-corrected chi connectivity index (χ0v) is 10.3. The topological polar surface area (TPSA) is 40.5 Å². The SMILES string of the molecule is CC1Cc2ccc(F)cc2CN1CC(=O)O.Cl. The third kappa shape index (κ3) is 3.17. The molecule has 0 saturated heterocycles.